The molecular weight excluding hydrogens is 564 g/mol. The van der Waals surface area contributed by atoms with Crippen molar-refractivity contribution in [2.75, 3.05) is 31.8 Å². The van der Waals surface area contributed by atoms with Gasteiger partial charge in [0.1, 0.15) is 17.6 Å². The van der Waals surface area contributed by atoms with Crippen molar-refractivity contribution in [1.29, 1.82) is 0 Å². The highest BCUT2D eigenvalue weighted by molar-refractivity contribution is 6.71. The Morgan fingerprint density at radius 2 is 1.81 bits per heavy atom. The van der Waals surface area contributed by atoms with Gasteiger partial charge in [-0.2, -0.15) is 0 Å². The Hall–Kier alpha value is -3.70. The highest BCUT2D eigenvalue weighted by atomic mass is 28.4. The first-order valence-corrected chi connectivity index (χ1v) is 17.7. The number of hydrogen-bond acceptors (Lipinski definition) is 7. The van der Waals surface area contributed by atoms with Crippen LogP contribution in [-0.4, -0.2) is 67.9 Å². The van der Waals surface area contributed by atoms with Crippen molar-refractivity contribution in [3.63, 3.8) is 0 Å². The van der Waals surface area contributed by atoms with Gasteiger partial charge >= 0.3 is 0 Å². The standard InChI is InChI=1S/C33H40N2O7Si/c1-22-32(40-2)25-18-24(35-26-12-8-9-13-28(26)41-21-31(35)38)14-15-27(25)42-33(22)29(43(3,4)39)19-30(37)34(16-17-36)20-23-10-6-5-7-11-23/h5-15,18,22,29,32-33,36,39H,16-17,19-21H2,1-4H3/t22-,29?,32-,33-/m0/s1. The summed E-state index contributed by atoms with van der Waals surface area (Å²) in [4.78, 5) is 41.4. The van der Waals surface area contributed by atoms with E-state index in [1.54, 1.807) is 16.9 Å². The zero-order valence-electron chi connectivity index (χ0n) is 25.1. The highest BCUT2D eigenvalue weighted by Gasteiger charge is 2.47. The van der Waals surface area contributed by atoms with Crippen molar-refractivity contribution in [2.45, 2.75) is 50.7 Å². The predicted octanol–water partition coefficient (Wildman–Crippen LogP) is 4.81. The summed E-state index contributed by atoms with van der Waals surface area (Å²) in [6.07, 6.45) is -0.801. The maximum Gasteiger partial charge on any atom is 0.269 e. The van der Waals surface area contributed by atoms with Gasteiger partial charge in [0.15, 0.2) is 14.9 Å². The van der Waals surface area contributed by atoms with Crippen molar-refractivity contribution in [1.82, 2.24) is 4.90 Å². The first-order chi connectivity index (χ1) is 20.6. The Labute approximate surface area is 253 Å². The van der Waals surface area contributed by atoms with E-state index in [9.17, 15) is 19.5 Å². The summed E-state index contributed by atoms with van der Waals surface area (Å²) in [6, 6.07) is 22.7. The second kappa shape index (κ2) is 12.9. The van der Waals surface area contributed by atoms with Gasteiger partial charge in [-0.15, -0.1) is 0 Å². The molecular formula is C33H40N2O7Si. The van der Waals surface area contributed by atoms with Crippen molar-refractivity contribution < 1.29 is 33.7 Å². The molecule has 2 aliphatic heterocycles. The van der Waals surface area contributed by atoms with Crippen molar-refractivity contribution in [3.05, 3.63) is 83.9 Å². The number of methoxy groups -OCH3 is 1. The Morgan fingerprint density at radius 3 is 2.51 bits per heavy atom. The minimum atomic E-state index is -2.95. The van der Waals surface area contributed by atoms with E-state index >= 15 is 0 Å². The largest absolute Gasteiger partial charge is 0.490 e. The molecule has 3 aromatic carbocycles. The summed E-state index contributed by atoms with van der Waals surface area (Å²) >= 11 is 0. The topological polar surface area (TPSA) is 109 Å². The summed E-state index contributed by atoms with van der Waals surface area (Å²) in [6.45, 7) is 6.03. The molecule has 1 unspecified atom stereocenters. The predicted molar refractivity (Wildman–Crippen MR) is 166 cm³/mol. The molecule has 3 aromatic rings. The van der Waals surface area contributed by atoms with Crippen LogP contribution < -0.4 is 14.4 Å². The molecule has 9 nitrogen and oxygen atoms in total. The van der Waals surface area contributed by atoms with Gasteiger partial charge in [-0.05, 0) is 49.0 Å². The average molecular weight is 605 g/mol. The molecule has 43 heavy (non-hydrogen) atoms. The normalized spacial score (nSPS) is 20.4. The first kappa shape index (κ1) is 30.7. The lowest BCUT2D eigenvalue weighted by Gasteiger charge is -2.44. The fourth-order valence-corrected chi connectivity index (χ4v) is 8.04. The van der Waals surface area contributed by atoms with Crippen LogP contribution in [0.5, 0.6) is 11.5 Å². The highest BCUT2D eigenvalue weighted by Crippen LogP contribution is 2.48. The third kappa shape index (κ3) is 6.47. The van der Waals surface area contributed by atoms with E-state index in [4.69, 9.17) is 14.2 Å². The van der Waals surface area contributed by atoms with Crippen LogP contribution in [0, 0.1) is 5.92 Å². The molecule has 4 atom stereocenters. The van der Waals surface area contributed by atoms with Crippen LogP contribution in [0.4, 0.5) is 11.4 Å². The van der Waals surface area contributed by atoms with E-state index in [2.05, 4.69) is 0 Å². The van der Waals surface area contributed by atoms with Crippen LogP contribution >= 0.6 is 0 Å². The van der Waals surface area contributed by atoms with E-state index in [-0.39, 0.29) is 43.9 Å². The number of aliphatic hydroxyl groups excluding tert-OH is 1. The zero-order chi connectivity index (χ0) is 30.7. The Kier molecular flexibility index (Phi) is 9.21. The average Bonchev–Trinajstić information content (AvgIpc) is 2.99. The number of anilines is 2. The number of carbonyl (C=O) groups is 2. The van der Waals surface area contributed by atoms with Crippen molar-refractivity contribution in [3.8, 4) is 11.5 Å². The van der Waals surface area contributed by atoms with Crippen LogP contribution in [0.25, 0.3) is 0 Å². The second-order valence-electron chi connectivity index (χ2n) is 11.8. The number of carbonyl (C=O) groups excluding carboxylic acids is 2. The second-order valence-corrected chi connectivity index (χ2v) is 15.8. The minimum Gasteiger partial charge on any atom is -0.490 e. The van der Waals surface area contributed by atoms with Crippen LogP contribution in [-0.2, 0) is 20.9 Å². The number of fused-ring (bicyclic) bond motifs is 2. The van der Waals surface area contributed by atoms with Gasteiger partial charge < -0.3 is 29.0 Å². The lowest BCUT2D eigenvalue weighted by molar-refractivity contribution is -0.133. The van der Waals surface area contributed by atoms with E-state index in [1.807, 2.05) is 92.8 Å². The number of rotatable bonds is 10. The fourth-order valence-electron chi connectivity index (χ4n) is 6.19. The lowest BCUT2D eigenvalue weighted by Crippen LogP contribution is -2.50. The monoisotopic (exact) mass is 604 g/mol. The number of hydrogen-bond donors (Lipinski definition) is 2. The van der Waals surface area contributed by atoms with Gasteiger partial charge in [-0.25, -0.2) is 0 Å². The molecule has 0 fully saturated rings. The van der Waals surface area contributed by atoms with Gasteiger partial charge in [0.2, 0.25) is 5.91 Å². The molecule has 228 valence electrons. The molecule has 2 N–H and O–H groups in total. The van der Waals surface area contributed by atoms with Gasteiger partial charge in [-0.1, -0.05) is 49.4 Å². The zero-order valence-corrected chi connectivity index (χ0v) is 26.1. The lowest BCUT2D eigenvalue weighted by atomic mass is 9.86. The van der Waals surface area contributed by atoms with Crippen molar-refractivity contribution in [2.24, 2.45) is 5.92 Å². The number of nitrogens with zero attached hydrogens (tertiary/aromatic N) is 2. The summed E-state index contributed by atoms with van der Waals surface area (Å²) < 4.78 is 18.3. The molecule has 2 heterocycles. The Morgan fingerprint density at radius 1 is 1.09 bits per heavy atom. The summed E-state index contributed by atoms with van der Waals surface area (Å²) in [5.41, 5.74) is 2.68. The molecule has 10 heteroatoms. The van der Waals surface area contributed by atoms with E-state index in [0.29, 0.717) is 29.4 Å². The van der Waals surface area contributed by atoms with E-state index in [1.165, 1.54) is 0 Å². The molecule has 0 spiro atoms. The first-order valence-electron chi connectivity index (χ1n) is 14.7. The summed E-state index contributed by atoms with van der Waals surface area (Å²) in [7, 11) is -1.31. The minimum absolute atomic E-state index is 0.0553. The number of para-hydroxylation sites is 2. The van der Waals surface area contributed by atoms with Gasteiger partial charge in [0.25, 0.3) is 5.91 Å². The molecule has 5 rings (SSSR count). The Bertz CT molecular complexity index is 1440. The van der Waals surface area contributed by atoms with Crippen LogP contribution in [0.3, 0.4) is 0 Å². The number of benzene rings is 3. The maximum atomic E-state index is 13.7. The van der Waals surface area contributed by atoms with E-state index in [0.717, 1.165) is 11.1 Å². The molecule has 0 saturated carbocycles. The van der Waals surface area contributed by atoms with Crippen LogP contribution in [0.2, 0.25) is 18.6 Å². The summed E-state index contributed by atoms with van der Waals surface area (Å²) in [5.74, 6) is 0.702. The SMILES string of the molecule is CO[C@@H]1c2cc(N3C(=O)COc4ccccc43)ccc2O[C@H](C(CC(=O)N(CCO)Cc2ccccc2)[Si](C)(C)O)[C@H]1C. The quantitative estimate of drug-likeness (QED) is 0.320. The van der Waals surface area contributed by atoms with Gasteiger partial charge in [-0.3, -0.25) is 14.5 Å². The molecule has 0 radical (unpaired) electrons. The molecule has 0 bridgehead atoms. The number of ether oxygens (including phenoxy) is 3. The van der Waals surface area contributed by atoms with Gasteiger partial charge in [0, 0.05) is 49.3 Å². The van der Waals surface area contributed by atoms with E-state index < -0.39 is 26.1 Å². The van der Waals surface area contributed by atoms with Crippen molar-refractivity contribution >= 4 is 31.5 Å². The number of amides is 2. The van der Waals surface area contributed by atoms with Gasteiger partial charge in [0.05, 0.1) is 18.4 Å². The smallest absolute Gasteiger partial charge is 0.269 e. The maximum absolute atomic E-state index is 13.7. The third-order valence-corrected chi connectivity index (χ3v) is 10.8. The number of aliphatic hydroxyl groups is 1. The summed E-state index contributed by atoms with van der Waals surface area (Å²) in [5, 5.41) is 9.70. The molecule has 0 aromatic heterocycles. The molecule has 0 saturated heterocycles. The van der Waals surface area contributed by atoms with Crippen LogP contribution in [0.15, 0.2) is 72.8 Å². The molecule has 2 amide bonds. The van der Waals surface area contributed by atoms with Crippen LogP contribution in [0.1, 0.15) is 30.6 Å². The fraction of sp³-hybridized carbons (Fsp3) is 0.394. The third-order valence-electron chi connectivity index (χ3n) is 8.41. The Balaban J connectivity index is 1.43. The molecule has 0 aliphatic carbocycles. The molecule has 2 aliphatic rings.